The minimum absolute atomic E-state index is 0.0263. The third-order valence-corrected chi connectivity index (χ3v) is 5.28. The van der Waals surface area contributed by atoms with Crippen molar-refractivity contribution in [2.24, 2.45) is 5.92 Å². The molecule has 1 amide bonds. The van der Waals surface area contributed by atoms with E-state index in [0.717, 1.165) is 25.7 Å². The van der Waals surface area contributed by atoms with Gasteiger partial charge in [0, 0.05) is 18.4 Å². The molecule has 0 bridgehead atoms. The lowest BCUT2D eigenvalue weighted by Crippen LogP contribution is -2.42. The van der Waals surface area contributed by atoms with Gasteiger partial charge in [-0.25, -0.2) is 4.79 Å². The van der Waals surface area contributed by atoms with Crippen molar-refractivity contribution >= 4 is 11.9 Å². The second kappa shape index (κ2) is 4.86. The summed E-state index contributed by atoms with van der Waals surface area (Å²) < 4.78 is 0. The normalized spacial score (nSPS) is 27.8. The Kier molecular flexibility index (Phi) is 3.27. The van der Waals surface area contributed by atoms with Crippen molar-refractivity contribution in [3.8, 4) is 0 Å². The maximum atomic E-state index is 12.6. The van der Waals surface area contributed by atoms with Crippen LogP contribution in [0.4, 0.5) is 0 Å². The second-order valence-electron chi connectivity index (χ2n) is 6.39. The number of benzene rings is 1. The van der Waals surface area contributed by atoms with Gasteiger partial charge in [-0.1, -0.05) is 24.3 Å². The van der Waals surface area contributed by atoms with E-state index in [-0.39, 0.29) is 17.2 Å². The number of aryl methyl sites for hydroxylation is 1. The maximum Gasteiger partial charge on any atom is 0.326 e. The van der Waals surface area contributed by atoms with E-state index >= 15 is 0 Å². The summed E-state index contributed by atoms with van der Waals surface area (Å²) >= 11 is 0. The Morgan fingerprint density at radius 2 is 2.10 bits per heavy atom. The molecule has 0 aromatic heterocycles. The monoisotopic (exact) mass is 287 g/mol. The van der Waals surface area contributed by atoms with Gasteiger partial charge in [0.2, 0.25) is 5.91 Å². The number of likely N-dealkylation sites (N-methyl/N-ethyl adjacent to an activating group) is 1. The van der Waals surface area contributed by atoms with Crippen LogP contribution in [0.2, 0.25) is 0 Å². The van der Waals surface area contributed by atoms with Crippen LogP contribution in [-0.4, -0.2) is 35.0 Å². The van der Waals surface area contributed by atoms with Crippen LogP contribution in [0, 0.1) is 5.92 Å². The highest BCUT2D eigenvalue weighted by Crippen LogP contribution is 2.60. The molecule has 1 N–H and O–H groups in total. The summed E-state index contributed by atoms with van der Waals surface area (Å²) in [7, 11) is 1.60. The average Bonchev–Trinajstić information content (AvgIpc) is 3.20. The van der Waals surface area contributed by atoms with E-state index < -0.39 is 12.0 Å². The minimum Gasteiger partial charge on any atom is -0.480 e. The highest BCUT2D eigenvalue weighted by atomic mass is 16.4. The zero-order chi connectivity index (χ0) is 15.2. The third-order valence-electron chi connectivity index (χ3n) is 5.28. The van der Waals surface area contributed by atoms with Gasteiger partial charge in [-0.3, -0.25) is 4.79 Å². The third kappa shape index (κ3) is 2.13. The Bertz CT molecular complexity index is 597. The molecule has 2 aliphatic rings. The summed E-state index contributed by atoms with van der Waals surface area (Å²) in [5.41, 5.74) is 2.64. The summed E-state index contributed by atoms with van der Waals surface area (Å²) in [6.45, 7) is 1.56. The molecule has 21 heavy (non-hydrogen) atoms. The van der Waals surface area contributed by atoms with Crippen LogP contribution in [-0.2, 0) is 21.4 Å². The number of carboxylic acids is 1. The number of carboxylic acid groups (broad SMARTS) is 1. The molecule has 4 nitrogen and oxygen atoms in total. The Morgan fingerprint density at radius 1 is 1.38 bits per heavy atom. The van der Waals surface area contributed by atoms with Crippen molar-refractivity contribution in [2.45, 2.75) is 44.1 Å². The van der Waals surface area contributed by atoms with Gasteiger partial charge < -0.3 is 10.0 Å². The minimum atomic E-state index is -0.954. The molecule has 1 aromatic rings. The molecule has 1 fully saturated rings. The van der Waals surface area contributed by atoms with Crippen LogP contribution in [0.5, 0.6) is 0 Å². The Morgan fingerprint density at radius 3 is 2.81 bits per heavy atom. The van der Waals surface area contributed by atoms with Gasteiger partial charge in [-0.05, 0) is 43.7 Å². The highest BCUT2D eigenvalue weighted by Gasteiger charge is 2.60. The smallest absolute Gasteiger partial charge is 0.326 e. The van der Waals surface area contributed by atoms with E-state index in [1.165, 1.54) is 16.0 Å². The standard InChI is InChI=1S/C17H21NO3/c1-11(16(20)21)18(2)15(19)14-10-17(14)9-5-7-12-6-3-4-8-13(12)17/h3-4,6,8,11,14H,5,7,9-10H2,1-2H3,(H,20,21). The first-order chi connectivity index (χ1) is 9.97. The Hall–Kier alpha value is -1.84. The van der Waals surface area contributed by atoms with Crippen molar-refractivity contribution in [2.75, 3.05) is 7.05 Å². The van der Waals surface area contributed by atoms with Crippen molar-refractivity contribution in [1.82, 2.24) is 4.90 Å². The summed E-state index contributed by atoms with van der Waals surface area (Å²) in [5, 5.41) is 9.07. The lowest BCUT2D eigenvalue weighted by atomic mass is 9.78. The quantitative estimate of drug-likeness (QED) is 0.927. The zero-order valence-electron chi connectivity index (χ0n) is 12.5. The Labute approximate surface area is 124 Å². The zero-order valence-corrected chi connectivity index (χ0v) is 12.5. The number of nitrogens with zero attached hydrogens (tertiary/aromatic N) is 1. The fraction of sp³-hybridized carbons (Fsp3) is 0.529. The molecule has 1 saturated carbocycles. The van der Waals surface area contributed by atoms with Gasteiger partial charge in [-0.2, -0.15) is 0 Å². The number of aliphatic carboxylic acids is 1. The first kappa shape index (κ1) is 14.1. The number of rotatable bonds is 3. The molecule has 4 heteroatoms. The predicted octanol–water partition coefficient (Wildman–Crippen LogP) is 2.21. The molecule has 3 atom stereocenters. The van der Waals surface area contributed by atoms with Crippen molar-refractivity contribution < 1.29 is 14.7 Å². The topological polar surface area (TPSA) is 57.6 Å². The lowest BCUT2D eigenvalue weighted by molar-refractivity contribution is -0.148. The maximum absolute atomic E-state index is 12.6. The van der Waals surface area contributed by atoms with Gasteiger partial charge in [0.1, 0.15) is 6.04 Å². The van der Waals surface area contributed by atoms with Crippen LogP contribution in [0.25, 0.3) is 0 Å². The molecule has 1 spiro atoms. The van der Waals surface area contributed by atoms with E-state index in [4.69, 9.17) is 5.11 Å². The average molecular weight is 287 g/mol. The first-order valence-electron chi connectivity index (χ1n) is 7.55. The summed E-state index contributed by atoms with van der Waals surface area (Å²) in [4.78, 5) is 25.0. The fourth-order valence-corrected chi connectivity index (χ4v) is 3.76. The number of hydrogen-bond acceptors (Lipinski definition) is 2. The van der Waals surface area contributed by atoms with Crippen LogP contribution >= 0.6 is 0 Å². The lowest BCUT2D eigenvalue weighted by Gasteiger charge is -2.28. The molecule has 2 aliphatic carbocycles. The summed E-state index contributed by atoms with van der Waals surface area (Å²) in [5.74, 6) is -1.03. The summed E-state index contributed by atoms with van der Waals surface area (Å²) in [6, 6.07) is 7.61. The van der Waals surface area contributed by atoms with Crippen LogP contribution < -0.4 is 0 Å². The fourth-order valence-electron chi connectivity index (χ4n) is 3.76. The van der Waals surface area contributed by atoms with Crippen LogP contribution in [0.15, 0.2) is 24.3 Å². The number of fused-ring (bicyclic) bond motifs is 2. The molecule has 0 heterocycles. The van der Waals surface area contributed by atoms with Crippen molar-refractivity contribution in [1.29, 1.82) is 0 Å². The summed E-state index contributed by atoms with van der Waals surface area (Å²) in [6.07, 6.45) is 4.09. The number of amides is 1. The number of carbonyl (C=O) groups excluding carboxylic acids is 1. The van der Waals surface area contributed by atoms with Crippen molar-refractivity contribution in [3.63, 3.8) is 0 Å². The predicted molar refractivity (Wildman–Crippen MR) is 79.0 cm³/mol. The molecule has 0 saturated heterocycles. The van der Waals surface area contributed by atoms with E-state index in [0.29, 0.717) is 0 Å². The van der Waals surface area contributed by atoms with E-state index in [1.54, 1.807) is 14.0 Å². The van der Waals surface area contributed by atoms with Crippen LogP contribution in [0.3, 0.4) is 0 Å². The largest absolute Gasteiger partial charge is 0.480 e. The van der Waals surface area contributed by atoms with Crippen molar-refractivity contribution in [3.05, 3.63) is 35.4 Å². The molecule has 3 unspecified atom stereocenters. The molecule has 0 aliphatic heterocycles. The first-order valence-corrected chi connectivity index (χ1v) is 7.55. The molecule has 1 aromatic carbocycles. The number of carbonyl (C=O) groups is 2. The van der Waals surface area contributed by atoms with Gasteiger partial charge >= 0.3 is 5.97 Å². The van der Waals surface area contributed by atoms with Gasteiger partial charge in [0.25, 0.3) is 0 Å². The number of hydrogen-bond donors (Lipinski definition) is 1. The van der Waals surface area contributed by atoms with E-state index in [2.05, 4.69) is 18.2 Å². The van der Waals surface area contributed by atoms with Gasteiger partial charge in [0.15, 0.2) is 0 Å². The molecule has 112 valence electrons. The Balaban J connectivity index is 1.83. The van der Waals surface area contributed by atoms with Gasteiger partial charge in [-0.15, -0.1) is 0 Å². The van der Waals surface area contributed by atoms with E-state index in [9.17, 15) is 9.59 Å². The molecular weight excluding hydrogens is 266 g/mol. The highest BCUT2D eigenvalue weighted by molar-refractivity contribution is 5.88. The SMILES string of the molecule is CC(C(=O)O)N(C)C(=O)C1CC12CCCc1ccccc12. The molecular formula is C17H21NO3. The van der Waals surface area contributed by atoms with Crippen LogP contribution in [0.1, 0.15) is 37.3 Å². The molecule has 3 rings (SSSR count). The molecule has 0 radical (unpaired) electrons. The second-order valence-corrected chi connectivity index (χ2v) is 6.39. The van der Waals surface area contributed by atoms with E-state index in [1.807, 2.05) is 6.07 Å². The van der Waals surface area contributed by atoms with Gasteiger partial charge in [0.05, 0.1) is 0 Å².